The van der Waals surface area contributed by atoms with Crippen molar-refractivity contribution in [3.8, 4) is 0 Å². The van der Waals surface area contributed by atoms with Crippen LogP contribution in [0.15, 0.2) is 46.2 Å². The molecule has 2 atom stereocenters. The van der Waals surface area contributed by atoms with Crippen LogP contribution in [-0.4, -0.2) is 30.7 Å². The van der Waals surface area contributed by atoms with E-state index in [1.807, 2.05) is 32.0 Å². The summed E-state index contributed by atoms with van der Waals surface area (Å²) in [7, 11) is -3.74. The van der Waals surface area contributed by atoms with E-state index in [1.165, 1.54) is 30.8 Å². The number of para-hydroxylation sites is 1. The molecule has 6 nitrogen and oxygen atoms in total. The third-order valence-corrected chi connectivity index (χ3v) is 8.53. The lowest BCUT2D eigenvalue weighted by Gasteiger charge is -2.22. The van der Waals surface area contributed by atoms with E-state index in [9.17, 15) is 18.0 Å². The van der Waals surface area contributed by atoms with Gasteiger partial charge in [0.2, 0.25) is 11.8 Å². The fourth-order valence-corrected chi connectivity index (χ4v) is 5.67. The highest BCUT2D eigenvalue weighted by Gasteiger charge is 2.29. The molecule has 3 rings (SSSR count). The van der Waals surface area contributed by atoms with Crippen molar-refractivity contribution in [2.45, 2.75) is 60.8 Å². The van der Waals surface area contributed by atoms with E-state index < -0.39 is 15.1 Å². The van der Waals surface area contributed by atoms with Crippen LogP contribution >= 0.6 is 11.8 Å². The Hall–Kier alpha value is -2.32. The maximum Gasteiger partial charge on any atom is 0.237 e. The van der Waals surface area contributed by atoms with Crippen LogP contribution in [0.2, 0.25) is 0 Å². The molecule has 0 aromatic heterocycles. The summed E-state index contributed by atoms with van der Waals surface area (Å²) in [5.74, 6) is -0.495. The Morgan fingerprint density at radius 1 is 1.27 bits per heavy atom. The molecule has 160 valence electrons. The number of rotatable bonds is 6. The number of aryl methyl sites for hydroxylation is 2. The Morgan fingerprint density at radius 3 is 2.70 bits per heavy atom. The largest absolute Gasteiger partial charge is 0.326 e. The van der Waals surface area contributed by atoms with Gasteiger partial charge in [0.05, 0.1) is 21.1 Å². The number of carbonyl (C=O) groups is 2. The standard InChI is InChI=1S/C22H26N2O4S2/c1-5-16-8-6-7-13(2)21(16)24-20(25)11-14(3)30(27,28)17-9-10-19-18(12-17)23-22(26)15(4)29-19/h6-10,12,14-15H,5,11H2,1-4H3,(H,23,26)(H,24,25)/t14-,15+/m0/s1. The van der Waals surface area contributed by atoms with Crippen molar-refractivity contribution in [3.05, 3.63) is 47.5 Å². The van der Waals surface area contributed by atoms with Gasteiger partial charge in [-0.05, 0) is 56.5 Å². The molecule has 0 bridgehead atoms. The SMILES string of the molecule is CCc1cccc(C)c1NC(=O)C[C@H](C)S(=O)(=O)c1ccc2c(c1)NC(=O)[C@@H](C)S2. The van der Waals surface area contributed by atoms with Gasteiger partial charge < -0.3 is 10.6 Å². The van der Waals surface area contributed by atoms with Crippen molar-refractivity contribution >= 4 is 44.8 Å². The lowest BCUT2D eigenvalue weighted by atomic mass is 10.1. The number of thioether (sulfide) groups is 1. The highest BCUT2D eigenvalue weighted by atomic mass is 32.2. The molecule has 30 heavy (non-hydrogen) atoms. The molecular formula is C22H26N2O4S2. The van der Waals surface area contributed by atoms with Crippen LogP contribution < -0.4 is 10.6 Å². The van der Waals surface area contributed by atoms with Crippen molar-refractivity contribution < 1.29 is 18.0 Å². The zero-order chi connectivity index (χ0) is 22.1. The molecule has 0 radical (unpaired) electrons. The summed E-state index contributed by atoms with van der Waals surface area (Å²) in [6.07, 6.45) is 0.609. The Labute approximate surface area is 181 Å². The number of benzene rings is 2. The summed E-state index contributed by atoms with van der Waals surface area (Å²) >= 11 is 1.39. The van der Waals surface area contributed by atoms with E-state index in [-0.39, 0.29) is 28.4 Å². The van der Waals surface area contributed by atoms with Crippen LogP contribution in [0.25, 0.3) is 0 Å². The number of amides is 2. The first-order valence-electron chi connectivity index (χ1n) is 9.87. The molecule has 2 amide bonds. The molecule has 0 saturated carbocycles. The summed E-state index contributed by atoms with van der Waals surface area (Å²) in [6, 6.07) is 10.5. The summed E-state index contributed by atoms with van der Waals surface area (Å²) in [4.78, 5) is 25.4. The van der Waals surface area contributed by atoms with Gasteiger partial charge in [0.1, 0.15) is 0 Å². The molecular weight excluding hydrogens is 420 g/mol. The maximum absolute atomic E-state index is 13.0. The molecule has 0 spiro atoms. The minimum atomic E-state index is -3.74. The molecule has 0 saturated heterocycles. The van der Waals surface area contributed by atoms with Gasteiger partial charge in [0.15, 0.2) is 9.84 Å². The first-order valence-corrected chi connectivity index (χ1v) is 12.3. The number of sulfone groups is 1. The second kappa shape index (κ2) is 8.81. The average molecular weight is 447 g/mol. The fraction of sp³-hybridized carbons (Fsp3) is 0.364. The van der Waals surface area contributed by atoms with Gasteiger partial charge in [-0.3, -0.25) is 9.59 Å². The molecule has 2 aromatic rings. The van der Waals surface area contributed by atoms with Crippen LogP contribution in [0.4, 0.5) is 11.4 Å². The van der Waals surface area contributed by atoms with E-state index in [0.717, 1.165) is 28.1 Å². The summed E-state index contributed by atoms with van der Waals surface area (Å²) in [5.41, 5.74) is 3.19. The van der Waals surface area contributed by atoms with Crippen LogP contribution in [0.5, 0.6) is 0 Å². The maximum atomic E-state index is 13.0. The predicted molar refractivity (Wildman–Crippen MR) is 121 cm³/mol. The Kier molecular flexibility index (Phi) is 6.57. The van der Waals surface area contributed by atoms with Gasteiger partial charge in [-0.15, -0.1) is 11.8 Å². The van der Waals surface area contributed by atoms with E-state index in [0.29, 0.717) is 5.69 Å². The molecule has 0 unspecified atom stereocenters. The molecule has 1 aliphatic rings. The first kappa shape index (κ1) is 22.4. The zero-order valence-corrected chi connectivity index (χ0v) is 19.1. The molecule has 2 aromatic carbocycles. The Morgan fingerprint density at radius 2 is 2.00 bits per heavy atom. The molecule has 2 N–H and O–H groups in total. The minimum Gasteiger partial charge on any atom is -0.326 e. The van der Waals surface area contributed by atoms with Crippen LogP contribution in [0, 0.1) is 6.92 Å². The van der Waals surface area contributed by atoms with Crippen LogP contribution in [0.1, 0.15) is 38.3 Å². The first-order chi connectivity index (χ1) is 14.1. The number of anilines is 2. The third kappa shape index (κ3) is 4.54. The number of hydrogen-bond donors (Lipinski definition) is 2. The van der Waals surface area contributed by atoms with Crippen LogP contribution in [0.3, 0.4) is 0 Å². The lowest BCUT2D eigenvalue weighted by molar-refractivity contribution is -0.116. The summed E-state index contributed by atoms with van der Waals surface area (Å²) in [6.45, 7) is 7.25. The van der Waals surface area contributed by atoms with E-state index in [4.69, 9.17) is 0 Å². The topological polar surface area (TPSA) is 92.3 Å². The number of hydrogen-bond acceptors (Lipinski definition) is 5. The normalized spacial score (nSPS) is 17.1. The highest BCUT2D eigenvalue weighted by Crippen LogP contribution is 2.37. The quantitative estimate of drug-likeness (QED) is 0.694. The van der Waals surface area contributed by atoms with Gasteiger partial charge in [-0.25, -0.2) is 8.42 Å². The average Bonchev–Trinajstić information content (AvgIpc) is 2.69. The van der Waals surface area contributed by atoms with Gasteiger partial charge in [0.25, 0.3) is 0 Å². The fourth-order valence-electron chi connectivity index (χ4n) is 3.36. The van der Waals surface area contributed by atoms with Crippen molar-refractivity contribution in [1.29, 1.82) is 0 Å². The number of nitrogens with one attached hydrogen (secondary N) is 2. The van der Waals surface area contributed by atoms with Crippen LogP contribution in [-0.2, 0) is 25.8 Å². The van der Waals surface area contributed by atoms with Crippen molar-refractivity contribution in [2.24, 2.45) is 0 Å². The molecule has 1 aliphatic heterocycles. The Balaban J connectivity index is 1.77. The molecule has 1 heterocycles. The second-order valence-electron chi connectivity index (χ2n) is 7.48. The minimum absolute atomic E-state index is 0.0992. The van der Waals surface area contributed by atoms with Crippen molar-refractivity contribution in [1.82, 2.24) is 0 Å². The highest BCUT2D eigenvalue weighted by molar-refractivity contribution is 8.01. The third-order valence-electron chi connectivity index (χ3n) is 5.22. The van der Waals surface area contributed by atoms with Crippen molar-refractivity contribution in [3.63, 3.8) is 0 Å². The van der Waals surface area contributed by atoms with E-state index >= 15 is 0 Å². The smallest absolute Gasteiger partial charge is 0.237 e. The second-order valence-corrected chi connectivity index (χ2v) is 11.2. The lowest BCUT2D eigenvalue weighted by Crippen LogP contribution is -2.28. The number of fused-ring (bicyclic) bond motifs is 1. The molecule has 8 heteroatoms. The predicted octanol–water partition coefficient (Wildman–Crippen LogP) is 4.18. The molecule has 0 aliphatic carbocycles. The van der Waals surface area contributed by atoms with E-state index in [1.54, 1.807) is 13.0 Å². The summed E-state index contributed by atoms with van der Waals surface area (Å²) < 4.78 is 26.1. The molecule has 0 fully saturated rings. The van der Waals surface area contributed by atoms with Gasteiger partial charge in [-0.2, -0.15) is 0 Å². The van der Waals surface area contributed by atoms with Gasteiger partial charge in [-0.1, -0.05) is 25.1 Å². The Bertz CT molecular complexity index is 1100. The monoisotopic (exact) mass is 446 g/mol. The van der Waals surface area contributed by atoms with Gasteiger partial charge >= 0.3 is 0 Å². The zero-order valence-electron chi connectivity index (χ0n) is 17.5. The van der Waals surface area contributed by atoms with Crippen molar-refractivity contribution in [2.75, 3.05) is 10.6 Å². The summed E-state index contributed by atoms with van der Waals surface area (Å²) in [5, 5.41) is 4.50. The number of carbonyl (C=O) groups excluding carboxylic acids is 2. The van der Waals surface area contributed by atoms with Gasteiger partial charge in [0, 0.05) is 17.0 Å². The van der Waals surface area contributed by atoms with E-state index in [2.05, 4.69) is 10.6 Å².